The van der Waals surface area contributed by atoms with Crippen molar-refractivity contribution in [1.82, 2.24) is 15.0 Å². The zero-order valence-corrected chi connectivity index (χ0v) is 20.5. The molecule has 3 rings (SSSR count). The van der Waals surface area contributed by atoms with Crippen LogP contribution in [0.1, 0.15) is 77.8 Å². The maximum atomic E-state index is 14.0. The number of nitrogens with zero attached hydrogens (tertiary/aromatic N) is 3. The molecule has 0 aliphatic carbocycles. The molecule has 0 radical (unpaired) electrons. The molecule has 1 fully saturated rings. The Kier molecular flexibility index (Phi) is 10.3. The summed E-state index contributed by atoms with van der Waals surface area (Å²) in [5.74, 6) is -0.753. The number of aromatic nitrogens is 3. The summed E-state index contributed by atoms with van der Waals surface area (Å²) < 4.78 is 73.3. The largest absolute Gasteiger partial charge is 0.433 e. The van der Waals surface area contributed by atoms with Gasteiger partial charge >= 0.3 is 6.18 Å². The van der Waals surface area contributed by atoms with E-state index in [1.165, 1.54) is 12.5 Å². The van der Waals surface area contributed by atoms with Crippen LogP contribution >= 0.6 is 0 Å². The number of alkyl halides is 3. The van der Waals surface area contributed by atoms with Crippen molar-refractivity contribution in [3.63, 3.8) is 0 Å². The summed E-state index contributed by atoms with van der Waals surface area (Å²) in [6, 6.07) is 2.71. The molecular weight excluding hydrogens is 473 g/mol. The fourth-order valence-corrected chi connectivity index (χ4v) is 3.88. The predicted octanol–water partition coefficient (Wildman–Crippen LogP) is 6.82. The number of pyridine rings is 1. The lowest BCUT2D eigenvalue weighted by Gasteiger charge is -2.43. The molecule has 4 atom stereocenters. The first kappa shape index (κ1) is 28.8. The molecule has 3 heterocycles. The van der Waals surface area contributed by atoms with Gasteiger partial charge in [-0.3, -0.25) is 4.94 Å². The maximum Gasteiger partial charge on any atom is 0.433 e. The minimum Gasteiger partial charge on any atom is -0.370 e. The van der Waals surface area contributed by atoms with Crippen molar-refractivity contribution in [1.29, 1.82) is 0 Å². The van der Waals surface area contributed by atoms with Crippen molar-refractivity contribution >= 4 is 0 Å². The molecule has 1 saturated heterocycles. The molecule has 1 aliphatic heterocycles. The van der Waals surface area contributed by atoms with Crippen LogP contribution < -0.4 is 4.94 Å². The van der Waals surface area contributed by atoms with Gasteiger partial charge < -0.3 is 9.47 Å². The van der Waals surface area contributed by atoms with Crippen LogP contribution in [-0.2, 0) is 15.7 Å². The molecule has 2 aromatic rings. The highest BCUT2D eigenvalue weighted by atomic mass is 19.4. The molecule has 196 valence electrons. The number of rotatable bonds is 6. The molecule has 0 bridgehead atoms. The normalized spacial score (nSPS) is 22.8. The second-order valence-corrected chi connectivity index (χ2v) is 9.35. The van der Waals surface area contributed by atoms with Crippen LogP contribution in [0, 0.1) is 11.7 Å². The van der Waals surface area contributed by atoms with Gasteiger partial charge in [0.25, 0.3) is 5.88 Å². The van der Waals surface area contributed by atoms with E-state index in [0.29, 0.717) is 11.6 Å². The van der Waals surface area contributed by atoms with Crippen LogP contribution in [0.3, 0.4) is 0 Å². The van der Waals surface area contributed by atoms with E-state index in [1.807, 2.05) is 6.92 Å². The van der Waals surface area contributed by atoms with Gasteiger partial charge in [0.1, 0.15) is 23.8 Å². The second kappa shape index (κ2) is 12.5. The van der Waals surface area contributed by atoms with Crippen molar-refractivity contribution < 1.29 is 36.5 Å². The van der Waals surface area contributed by atoms with Gasteiger partial charge in [-0.15, -0.1) is 0 Å². The van der Waals surface area contributed by atoms with Crippen molar-refractivity contribution in [3.8, 4) is 5.88 Å². The zero-order chi connectivity index (χ0) is 26.2. The van der Waals surface area contributed by atoms with Crippen LogP contribution in [0.5, 0.6) is 5.88 Å². The van der Waals surface area contributed by atoms with Crippen LogP contribution in [-0.4, -0.2) is 32.8 Å². The van der Waals surface area contributed by atoms with Crippen molar-refractivity contribution in [2.24, 2.45) is 5.92 Å². The Bertz CT molecular complexity index is 924. The highest BCUT2D eigenvalue weighted by Gasteiger charge is 2.40. The Labute approximate surface area is 202 Å². The number of ether oxygens (including phenoxy) is 2. The van der Waals surface area contributed by atoms with E-state index in [2.05, 4.69) is 47.6 Å². The van der Waals surface area contributed by atoms with Gasteiger partial charge in [-0.1, -0.05) is 25.8 Å². The minimum atomic E-state index is -4.57. The summed E-state index contributed by atoms with van der Waals surface area (Å²) in [6.07, 6.45) is 1.70. The highest BCUT2D eigenvalue weighted by Crippen LogP contribution is 2.40. The average Bonchev–Trinajstić information content (AvgIpc) is 2.79. The lowest BCUT2D eigenvalue weighted by atomic mass is 9.84. The average molecular weight is 506 g/mol. The van der Waals surface area contributed by atoms with Gasteiger partial charge in [-0.25, -0.2) is 19.3 Å². The molecular formula is C24H32F5N3O3. The van der Waals surface area contributed by atoms with Crippen LogP contribution in [0.4, 0.5) is 22.1 Å². The van der Waals surface area contributed by atoms with E-state index >= 15 is 0 Å². The number of halogens is 5. The third-order valence-electron chi connectivity index (χ3n) is 5.34. The minimum absolute atomic E-state index is 0.0303. The molecule has 0 aromatic carbocycles. The Morgan fingerprint density at radius 1 is 1.17 bits per heavy atom. The van der Waals surface area contributed by atoms with Crippen LogP contribution in [0.2, 0.25) is 0 Å². The maximum absolute atomic E-state index is 14.0. The molecule has 4 unspecified atom stereocenters. The Morgan fingerprint density at radius 2 is 1.89 bits per heavy atom. The van der Waals surface area contributed by atoms with Gasteiger partial charge in [-0.2, -0.15) is 13.2 Å². The molecule has 0 amide bonds. The lowest BCUT2D eigenvalue weighted by molar-refractivity contribution is -0.198. The van der Waals surface area contributed by atoms with E-state index in [-0.39, 0.29) is 23.9 Å². The third-order valence-corrected chi connectivity index (χ3v) is 5.34. The summed E-state index contributed by atoms with van der Waals surface area (Å²) in [5, 5.41) is 0. The first-order valence-electron chi connectivity index (χ1n) is 11.5. The number of unbranched alkanes of at least 4 members (excludes halogenated alkanes) is 1. The molecule has 0 spiro atoms. The molecule has 11 heteroatoms. The molecule has 35 heavy (non-hydrogen) atoms. The third kappa shape index (κ3) is 8.96. The van der Waals surface area contributed by atoms with E-state index in [0.717, 1.165) is 43.9 Å². The van der Waals surface area contributed by atoms with Crippen LogP contribution in [0.15, 0.2) is 30.7 Å². The Balaban J connectivity index is 0.000000303. The van der Waals surface area contributed by atoms with E-state index in [9.17, 15) is 22.1 Å². The number of hydrogen-bond donors (Lipinski definition) is 0. The Morgan fingerprint density at radius 3 is 2.46 bits per heavy atom. The zero-order valence-electron chi connectivity index (χ0n) is 20.5. The summed E-state index contributed by atoms with van der Waals surface area (Å²) in [7, 11) is 0. The first-order chi connectivity index (χ1) is 16.4. The predicted molar refractivity (Wildman–Crippen MR) is 119 cm³/mol. The molecule has 0 N–H and O–H groups in total. The summed E-state index contributed by atoms with van der Waals surface area (Å²) in [6.45, 7) is 10.4. The van der Waals surface area contributed by atoms with E-state index in [4.69, 9.17) is 9.47 Å². The monoisotopic (exact) mass is 505 g/mol. The first-order valence-corrected chi connectivity index (χ1v) is 11.5. The molecule has 1 aliphatic rings. The van der Waals surface area contributed by atoms with Gasteiger partial charge in [0, 0.05) is 10.6 Å². The van der Waals surface area contributed by atoms with E-state index < -0.39 is 23.6 Å². The van der Waals surface area contributed by atoms with Gasteiger partial charge in [-0.05, 0) is 52.5 Å². The quantitative estimate of drug-likeness (QED) is 0.402. The summed E-state index contributed by atoms with van der Waals surface area (Å²) in [5.41, 5.74) is -1.04. The summed E-state index contributed by atoms with van der Waals surface area (Å²) >= 11 is 0. The number of hydrogen-bond acceptors (Lipinski definition) is 6. The standard InChI is InChI=1S/C18H29FN2O2.C6H3F4NO/c1-6-7-8-13-9-15(16-14(19)10-20-11-21-16)22-12(2)17(13)23-18(3,4)5;7-6(8,9)4-2-1-3-5(11-4)12-10/h10-13,15,17H,6-9H2,1-5H3;1-3H. The Hall–Kier alpha value is -2.40. The van der Waals surface area contributed by atoms with Crippen molar-refractivity contribution in [3.05, 3.63) is 47.9 Å². The fraction of sp³-hybridized carbons (Fsp3) is 0.625. The lowest BCUT2D eigenvalue weighted by Crippen LogP contribution is -2.46. The highest BCUT2D eigenvalue weighted by molar-refractivity contribution is 5.17. The van der Waals surface area contributed by atoms with E-state index in [1.54, 1.807) is 0 Å². The molecule has 2 aromatic heterocycles. The smallest absolute Gasteiger partial charge is 0.370 e. The fourth-order valence-electron chi connectivity index (χ4n) is 3.88. The van der Waals surface area contributed by atoms with Crippen molar-refractivity contribution in [2.75, 3.05) is 0 Å². The topological polar surface area (TPSA) is 66.4 Å². The second-order valence-electron chi connectivity index (χ2n) is 9.35. The van der Waals surface area contributed by atoms with Gasteiger partial charge in [0.2, 0.25) is 0 Å². The molecule has 6 nitrogen and oxygen atoms in total. The van der Waals surface area contributed by atoms with Gasteiger partial charge in [0.05, 0.1) is 24.0 Å². The SMILES string of the molecule is CCCCC1CC(c2ncncc2F)OC(C)C1OC(C)(C)C.FOc1cccc(C(F)(F)F)n1. The van der Waals surface area contributed by atoms with Crippen molar-refractivity contribution in [2.45, 2.75) is 90.4 Å². The molecule has 0 saturated carbocycles. The summed E-state index contributed by atoms with van der Waals surface area (Å²) in [4.78, 5) is 13.7. The van der Waals surface area contributed by atoms with Crippen LogP contribution in [0.25, 0.3) is 0 Å². The van der Waals surface area contributed by atoms with Gasteiger partial charge in [0.15, 0.2) is 5.82 Å².